The predicted molar refractivity (Wildman–Crippen MR) is 127 cm³/mol. The van der Waals surface area contributed by atoms with E-state index < -0.39 is 0 Å². The predicted octanol–water partition coefficient (Wildman–Crippen LogP) is 5.68. The number of hydrogen-bond acceptors (Lipinski definition) is 6. The second-order valence-electron chi connectivity index (χ2n) is 7.03. The quantitative estimate of drug-likeness (QED) is 0.336. The summed E-state index contributed by atoms with van der Waals surface area (Å²) in [5, 5.41) is 5.92. The number of rotatable bonds is 9. The highest BCUT2D eigenvalue weighted by molar-refractivity contribution is 7.13. The number of nitrogens with zero attached hydrogens (tertiary/aromatic N) is 2. The van der Waals surface area contributed by atoms with Gasteiger partial charge in [-0.3, -0.25) is 9.78 Å². The molecule has 0 saturated heterocycles. The van der Waals surface area contributed by atoms with Gasteiger partial charge in [-0.25, -0.2) is 4.98 Å². The number of hydrogen-bond donors (Lipinski definition) is 1. The van der Waals surface area contributed by atoms with Crippen LogP contribution in [0.5, 0.6) is 11.5 Å². The first-order valence-corrected chi connectivity index (χ1v) is 11.1. The minimum absolute atomic E-state index is 0.0452. The van der Waals surface area contributed by atoms with E-state index in [1.165, 1.54) is 0 Å². The molecule has 0 aliphatic heterocycles. The Morgan fingerprint density at radius 1 is 1.00 bits per heavy atom. The molecule has 1 amide bonds. The maximum absolute atomic E-state index is 12.3. The molecular weight excluding hydrogens is 422 g/mol. The molecular formula is C25H23N3O3S. The smallest absolute Gasteiger partial charge is 0.224 e. The number of ether oxygens (including phenoxy) is 2. The fourth-order valence-corrected chi connectivity index (χ4v) is 3.94. The van der Waals surface area contributed by atoms with Crippen molar-refractivity contribution in [1.82, 2.24) is 9.97 Å². The van der Waals surface area contributed by atoms with Gasteiger partial charge in [0.05, 0.1) is 19.4 Å². The molecule has 1 N–H and O–H groups in total. The van der Waals surface area contributed by atoms with Crippen LogP contribution in [0.2, 0.25) is 0 Å². The minimum atomic E-state index is -0.0452. The maximum Gasteiger partial charge on any atom is 0.224 e. The van der Waals surface area contributed by atoms with E-state index in [2.05, 4.69) is 10.3 Å². The lowest BCUT2D eigenvalue weighted by atomic mass is 10.1. The van der Waals surface area contributed by atoms with Crippen molar-refractivity contribution in [3.05, 3.63) is 78.4 Å². The molecule has 32 heavy (non-hydrogen) atoms. The van der Waals surface area contributed by atoms with E-state index in [4.69, 9.17) is 14.5 Å². The molecule has 2 aromatic carbocycles. The highest BCUT2D eigenvalue weighted by Crippen LogP contribution is 2.29. The molecule has 2 heterocycles. The molecule has 4 rings (SSSR count). The molecule has 0 unspecified atom stereocenters. The van der Waals surface area contributed by atoms with Gasteiger partial charge in [0.2, 0.25) is 5.91 Å². The Balaban J connectivity index is 1.29. The van der Waals surface area contributed by atoms with Gasteiger partial charge >= 0.3 is 0 Å². The summed E-state index contributed by atoms with van der Waals surface area (Å²) < 4.78 is 10.8. The van der Waals surface area contributed by atoms with E-state index in [0.29, 0.717) is 19.4 Å². The first kappa shape index (κ1) is 21.5. The molecule has 0 aliphatic carbocycles. The van der Waals surface area contributed by atoms with E-state index in [1.807, 2.05) is 66.0 Å². The maximum atomic E-state index is 12.3. The van der Waals surface area contributed by atoms with Crippen LogP contribution < -0.4 is 14.8 Å². The van der Waals surface area contributed by atoms with Gasteiger partial charge in [0.15, 0.2) is 0 Å². The van der Waals surface area contributed by atoms with Gasteiger partial charge in [-0.1, -0.05) is 12.1 Å². The number of methoxy groups -OCH3 is 1. The Bertz CT molecular complexity index is 1160. The van der Waals surface area contributed by atoms with Crippen LogP contribution in [0.1, 0.15) is 12.8 Å². The van der Waals surface area contributed by atoms with E-state index in [1.54, 1.807) is 30.8 Å². The summed E-state index contributed by atoms with van der Waals surface area (Å²) >= 11 is 1.58. The second kappa shape index (κ2) is 10.5. The highest BCUT2D eigenvalue weighted by Gasteiger charge is 2.09. The van der Waals surface area contributed by atoms with E-state index in [9.17, 15) is 4.79 Å². The van der Waals surface area contributed by atoms with Crippen molar-refractivity contribution >= 4 is 22.9 Å². The topological polar surface area (TPSA) is 73.3 Å². The Morgan fingerprint density at radius 3 is 2.56 bits per heavy atom. The molecule has 0 fully saturated rings. The number of nitrogens with one attached hydrogen (secondary N) is 1. The largest absolute Gasteiger partial charge is 0.497 e. The molecule has 162 valence electrons. The number of benzene rings is 2. The summed E-state index contributed by atoms with van der Waals surface area (Å²) in [5.74, 6) is 1.50. The monoisotopic (exact) mass is 445 g/mol. The first-order valence-electron chi connectivity index (χ1n) is 10.2. The fourth-order valence-electron chi connectivity index (χ4n) is 3.11. The van der Waals surface area contributed by atoms with Gasteiger partial charge < -0.3 is 14.8 Å². The van der Waals surface area contributed by atoms with Gasteiger partial charge in [-0.05, 0) is 55.0 Å². The van der Waals surface area contributed by atoms with Crippen molar-refractivity contribution in [2.24, 2.45) is 0 Å². The summed E-state index contributed by atoms with van der Waals surface area (Å²) in [6, 6.07) is 19.0. The van der Waals surface area contributed by atoms with Gasteiger partial charge in [0.1, 0.15) is 16.5 Å². The normalized spacial score (nSPS) is 10.5. The summed E-state index contributed by atoms with van der Waals surface area (Å²) in [4.78, 5) is 21.1. The molecule has 7 heteroatoms. The Kier molecular flexibility index (Phi) is 7.09. The summed E-state index contributed by atoms with van der Waals surface area (Å²) in [7, 11) is 1.63. The van der Waals surface area contributed by atoms with Crippen molar-refractivity contribution < 1.29 is 14.3 Å². The van der Waals surface area contributed by atoms with Crippen molar-refractivity contribution in [3.8, 4) is 33.3 Å². The average molecular weight is 446 g/mol. The van der Waals surface area contributed by atoms with Crippen LogP contribution in [-0.2, 0) is 4.79 Å². The molecule has 4 aromatic rings. The van der Waals surface area contributed by atoms with E-state index in [-0.39, 0.29) is 5.91 Å². The number of pyridine rings is 1. The lowest BCUT2D eigenvalue weighted by molar-refractivity contribution is -0.116. The number of carbonyl (C=O) groups excluding carboxylic acids is 1. The van der Waals surface area contributed by atoms with Crippen LogP contribution in [0, 0.1) is 0 Å². The molecule has 0 bridgehead atoms. The van der Waals surface area contributed by atoms with Crippen LogP contribution in [0.4, 0.5) is 5.69 Å². The third kappa shape index (κ3) is 5.70. The third-order valence-corrected chi connectivity index (χ3v) is 5.64. The number of amides is 1. The SMILES string of the molecule is COc1ccc(OCCCC(=O)Nc2cccc(-c3csc(-c4ccncc4)n3)c2)cc1. The second-order valence-corrected chi connectivity index (χ2v) is 7.89. The average Bonchev–Trinajstić information content (AvgIpc) is 3.33. The molecule has 6 nitrogen and oxygen atoms in total. The standard InChI is InChI=1S/C25H23N3O3S/c1-30-21-7-9-22(10-8-21)31-15-3-6-24(29)27-20-5-2-4-19(16-20)23-17-32-25(28-23)18-11-13-26-14-12-18/h2,4-5,7-14,16-17H,3,6,15H2,1H3,(H,27,29). The van der Waals surface area contributed by atoms with Crippen LogP contribution in [0.3, 0.4) is 0 Å². The number of thiazole rings is 1. The number of carbonyl (C=O) groups is 1. The lowest BCUT2D eigenvalue weighted by Crippen LogP contribution is -2.12. The minimum Gasteiger partial charge on any atom is -0.497 e. The summed E-state index contributed by atoms with van der Waals surface area (Å²) in [6.45, 7) is 0.469. The molecule has 0 spiro atoms. The van der Waals surface area contributed by atoms with Gasteiger partial charge in [-0.2, -0.15) is 0 Å². The number of aromatic nitrogens is 2. The zero-order chi connectivity index (χ0) is 22.2. The zero-order valence-corrected chi connectivity index (χ0v) is 18.5. The summed E-state index contributed by atoms with van der Waals surface area (Å²) in [5.41, 5.74) is 3.63. The Hall–Kier alpha value is -3.71. The molecule has 2 aromatic heterocycles. The van der Waals surface area contributed by atoms with Crippen LogP contribution >= 0.6 is 11.3 Å². The third-order valence-electron chi connectivity index (χ3n) is 4.75. The van der Waals surface area contributed by atoms with Crippen LogP contribution in [0.25, 0.3) is 21.8 Å². The van der Waals surface area contributed by atoms with Crippen molar-refractivity contribution in [3.63, 3.8) is 0 Å². The Morgan fingerprint density at radius 2 is 1.78 bits per heavy atom. The van der Waals surface area contributed by atoms with Crippen molar-refractivity contribution in [2.75, 3.05) is 19.0 Å². The first-order chi connectivity index (χ1) is 15.7. The molecule has 0 radical (unpaired) electrons. The molecule has 0 atom stereocenters. The lowest BCUT2D eigenvalue weighted by Gasteiger charge is -2.08. The molecule has 0 aliphatic rings. The Labute approximate surface area is 190 Å². The zero-order valence-electron chi connectivity index (χ0n) is 17.7. The van der Waals surface area contributed by atoms with Crippen molar-refractivity contribution in [1.29, 1.82) is 0 Å². The fraction of sp³-hybridized carbons (Fsp3) is 0.160. The van der Waals surface area contributed by atoms with Crippen LogP contribution in [-0.4, -0.2) is 29.6 Å². The van der Waals surface area contributed by atoms with Gasteiger partial charge in [0.25, 0.3) is 0 Å². The number of anilines is 1. The van der Waals surface area contributed by atoms with Crippen LogP contribution in [0.15, 0.2) is 78.4 Å². The van der Waals surface area contributed by atoms with Gasteiger partial charge in [-0.15, -0.1) is 11.3 Å². The summed E-state index contributed by atoms with van der Waals surface area (Å²) in [6.07, 6.45) is 4.52. The molecule has 0 saturated carbocycles. The van der Waals surface area contributed by atoms with Gasteiger partial charge in [0, 0.05) is 41.0 Å². The van der Waals surface area contributed by atoms with Crippen molar-refractivity contribution in [2.45, 2.75) is 12.8 Å². The van der Waals surface area contributed by atoms with E-state index >= 15 is 0 Å². The highest BCUT2D eigenvalue weighted by atomic mass is 32.1. The van der Waals surface area contributed by atoms with E-state index in [0.717, 1.165) is 39.0 Å².